The van der Waals surface area contributed by atoms with Gasteiger partial charge in [0.2, 0.25) is 5.78 Å². The minimum absolute atomic E-state index is 0.0326. The second kappa shape index (κ2) is 7.83. The molecule has 2 rings (SSSR count). The summed E-state index contributed by atoms with van der Waals surface area (Å²) in [6, 6.07) is 6.24. The maximum atomic E-state index is 13.3. The SMILES string of the molecule is COc1ccc(F)cc1C(=O)COC(=O)c1c(Cl)ccc(Cl)c1Cl. The molecule has 8 heteroatoms. The maximum absolute atomic E-state index is 13.3. The van der Waals surface area contributed by atoms with Gasteiger partial charge in [-0.05, 0) is 30.3 Å². The molecule has 126 valence electrons. The Hall–Kier alpha value is -1.82. The average Bonchev–Trinajstić information content (AvgIpc) is 2.56. The van der Waals surface area contributed by atoms with Crippen LogP contribution in [0.4, 0.5) is 4.39 Å². The molecule has 0 atom stereocenters. The molecule has 0 saturated carbocycles. The van der Waals surface area contributed by atoms with Crippen LogP contribution in [0.5, 0.6) is 5.75 Å². The summed E-state index contributed by atoms with van der Waals surface area (Å²) >= 11 is 17.6. The molecule has 0 amide bonds. The fourth-order valence-corrected chi connectivity index (χ4v) is 2.58. The van der Waals surface area contributed by atoms with Crippen molar-refractivity contribution in [1.82, 2.24) is 0 Å². The van der Waals surface area contributed by atoms with Gasteiger partial charge in [0.25, 0.3) is 0 Å². The van der Waals surface area contributed by atoms with E-state index in [1.807, 2.05) is 0 Å². The highest BCUT2D eigenvalue weighted by Crippen LogP contribution is 2.32. The molecule has 0 fully saturated rings. The van der Waals surface area contributed by atoms with Gasteiger partial charge in [0, 0.05) is 0 Å². The van der Waals surface area contributed by atoms with Crippen LogP contribution in [-0.4, -0.2) is 25.5 Å². The highest BCUT2D eigenvalue weighted by atomic mass is 35.5. The molecule has 0 aromatic heterocycles. The van der Waals surface area contributed by atoms with E-state index in [4.69, 9.17) is 44.3 Å². The van der Waals surface area contributed by atoms with E-state index in [2.05, 4.69) is 0 Å². The summed E-state index contributed by atoms with van der Waals surface area (Å²) in [6.45, 7) is -0.641. The molecular weight excluding hydrogens is 382 g/mol. The van der Waals surface area contributed by atoms with Gasteiger partial charge < -0.3 is 9.47 Å². The van der Waals surface area contributed by atoms with Crippen molar-refractivity contribution in [3.05, 3.63) is 62.3 Å². The second-order valence-electron chi connectivity index (χ2n) is 4.56. The standard InChI is InChI=1S/C16H10Cl3FO4/c1-23-13-5-2-8(20)6-9(13)12(21)7-24-16(22)14-10(17)3-4-11(18)15(14)19/h2-6H,7H2,1H3. The molecule has 0 unspecified atom stereocenters. The van der Waals surface area contributed by atoms with Crippen LogP contribution < -0.4 is 4.74 Å². The number of hydrogen-bond donors (Lipinski definition) is 0. The van der Waals surface area contributed by atoms with Gasteiger partial charge in [-0.15, -0.1) is 0 Å². The van der Waals surface area contributed by atoms with Gasteiger partial charge in [-0.25, -0.2) is 9.18 Å². The highest BCUT2D eigenvalue weighted by Gasteiger charge is 2.21. The third-order valence-electron chi connectivity index (χ3n) is 3.04. The largest absolute Gasteiger partial charge is 0.496 e. The van der Waals surface area contributed by atoms with E-state index in [0.717, 1.165) is 12.1 Å². The van der Waals surface area contributed by atoms with Gasteiger partial charge >= 0.3 is 5.97 Å². The number of ketones is 1. The average molecular weight is 392 g/mol. The number of carbonyl (C=O) groups excluding carboxylic acids is 2. The number of rotatable bonds is 5. The molecule has 0 aliphatic heterocycles. The van der Waals surface area contributed by atoms with Crippen molar-refractivity contribution in [1.29, 1.82) is 0 Å². The minimum Gasteiger partial charge on any atom is -0.496 e. The molecule has 0 N–H and O–H groups in total. The van der Waals surface area contributed by atoms with Crippen molar-refractivity contribution in [2.75, 3.05) is 13.7 Å². The lowest BCUT2D eigenvalue weighted by Gasteiger charge is -2.10. The Morgan fingerprint density at radius 3 is 2.42 bits per heavy atom. The van der Waals surface area contributed by atoms with Gasteiger partial charge in [-0.3, -0.25) is 4.79 Å². The smallest absolute Gasteiger partial charge is 0.341 e. The molecular formula is C16H10Cl3FO4. The Bertz CT molecular complexity index is 808. The summed E-state index contributed by atoms with van der Waals surface area (Å²) in [5, 5.41) is 0.0706. The topological polar surface area (TPSA) is 52.6 Å². The lowest BCUT2D eigenvalue weighted by atomic mass is 10.1. The van der Waals surface area contributed by atoms with Crippen molar-refractivity contribution in [2.45, 2.75) is 0 Å². The van der Waals surface area contributed by atoms with E-state index in [-0.39, 0.29) is 31.9 Å². The van der Waals surface area contributed by atoms with E-state index < -0.39 is 24.2 Å². The van der Waals surface area contributed by atoms with E-state index in [0.29, 0.717) is 0 Å². The number of halogens is 4. The molecule has 2 aromatic rings. The van der Waals surface area contributed by atoms with Gasteiger partial charge in [0.15, 0.2) is 6.61 Å². The molecule has 0 saturated heterocycles. The van der Waals surface area contributed by atoms with Crippen molar-refractivity contribution >= 4 is 46.6 Å². The van der Waals surface area contributed by atoms with Crippen molar-refractivity contribution in [3.8, 4) is 5.75 Å². The Labute approximate surface area is 152 Å². The predicted molar refractivity (Wildman–Crippen MR) is 89.0 cm³/mol. The zero-order chi connectivity index (χ0) is 17.9. The molecule has 0 spiro atoms. The van der Waals surface area contributed by atoms with Crippen LogP contribution in [0.25, 0.3) is 0 Å². The summed E-state index contributed by atoms with van der Waals surface area (Å²) in [4.78, 5) is 24.2. The highest BCUT2D eigenvalue weighted by molar-refractivity contribution is 6.46. The summed E-state index contributed by atoms with van der Waals surface area (Å²) in [7, 11) is 1.33. The number of esters is 1. The summed E-state index contributed by atoms with van der Waals surface area (Å²) in [5.74, 6) is -2.02. The van der Waals surface area contributed by atoms with Gasteiger partial charge in [0.1, 0.15) is 11.6 Å². The van der Waals surface area contributed by atoms with Crippen LogP contribution in [0.2, 0.25) is 15.1 Å². The van der Waals surface area contributed by atoms with Crippen molar-refractivity contribution < 1.29 is 23.5 Å². The summed E-state index contributed by atoms with van der Waals surface area (Å²) < 4.78 is 23.2. The van der Waals surface area contributed by atoms with Crippen molar-refractivity contribution in [3.63, 3.8) is 0 Å². The third-order valence-corrected chi connectivity index (χ3v) is 4.16. The molecule has 0 bridgehead atoms. The van der Waals surface area contributed by atoms with E-state index in [1.54, 1.807) is 0 Å². The molecule has 2 aromatic carbocycles. The molecule has 4 nitrogen and oxygen atoms in total. The Morgan fingerprint density at radius 1 is 1.08 bits per heavy atom. The van der Waals surface area contributed by atoms with Crippen LogP contribution in [0, 0.1) is 5.82 Å². The molecule has 0 heterocycles. The van der Waals surface area contributed by atoms with E-state index in [9.17, 15) is 14.0 Å². The fourth-order valence-electron chi connectivity index (χ4n) is 1.89. The van der Waals surface area contributed by atoms with Crippen LogP contribution in [-0.2, 0) is 4.74 Å². The normalized spacial score (nSPS) is 10.4. The number of methoxy groups -OCH3 is 1. The van der Waals surface area contributed by atoms with Crippen LogP contribution in [0.1, 0.15) is 20.7 Å². The van der Waals surface area contributed by atoms with Crippen LogP contribution in [0.15, 0.2) is 30.3 Å². The zero-order valence-corrected chi connectivity index (χ0v) is 14.5. The second-order valence-corrected chi connectivity index (χ2v) is 5.75. The first-order valence-electron chi connectivity index (χ1n) is 6.52. The zero-order valence-electron chi connectivity index (χ0n) is 12.2. The lowest BCUT2D eigenvalue weighted by Crippen LogP contribution is -2.16. The Morgan fingerprint density at radius 2 is 1.75 bits per heavy atom. The predicted octanol–water partition coefficient (Wildman–Crippen LogP) is 4.83. The van der Waals surface area contributed by atoms with E-state index in [1.165, 1.54) is 25.3 Å². The first-order valence-corrected chi connectivity index (χ1v) is 7.66. The van der Waals surface area contributed by atoms with E-state index >= 15 is 0 Å². The number of carbonyl (C=O) groups is 2. The number of Topliss-reactive ketones (excluding diaryl/α,β-unsaturated/α-hetero) is 1. The third kappa shape index (κ3) is 3.98. The first-order chi connectivity index (χ1) is 11.3. The van der Waals surface area contributed by atoms with Crippen LogP contribution >= 0.6 is 34.8 Å². The first kappa shape index (κ1) is 18.5. The fraction of sp³-hybridized carbons (Fsp3) is 0.125. The Kier molecular flexibility index (Phi) is 6.04. The van der Waals surface area contributed by atoms with Crippen molar-refractivity contribution in [2.24, 2.45) is 0 Å². The summed E-state index contributed by atoms with van der Waals surface area (Å²) in [5.41, 5.74) is -0.196. The molecule has 0 aliphatic carbocycles. The van der Waals surface area contributed by atoms with Gasteiger partial charge in [-0.1, -0.05) is 34.8 Å². The molecule has 0 aliphatic rings. The quantitative estimate of drug-likeness (QED) is 0.416. The lowest BCUT2D eigenvalue weighted by molar-refractivity contribution is 0.0474. The minimum atomic E-state index is -0.920. The molecule has 24 heavy (non-hydrogen) atoms. The van der Waals surface area contributed by atoms with Crippen LogP contribution in [0.3, 0.4) is 0 Å². The van der Waals surface area contributed by atoms with Gasteiger partial charge in [-0.2, -0.15) is 0 Å². The number of hydrogen-bond acceptors (Lipinski definition) is 4. The Balaban J connectivity index is 2.17. The van der Waals surface area contributed by atoms with Gasteiger partial charge in [0.05, 0.1) is 33.3 Å². The number of ether oxygens (including phenoxy) is 2. The number of benzene rings is 2. The molecule has 0 radical (unpaired) electrons. The maximum Gasteiger partial charge on any atom is 0.341 e. The monoisotopic (exact) mass is 390 g/mol. The summed E-state index contributed by atoms with van der Waals surface area (Å²) in [6.07, 6.45) is 0.